The van der Waals surface area contributed by atoms with Crippen LogP contribution in [0.1, 0.15) is 30.1 Å². The largest absolute Gasteiger partial charge is 0.397 e. The fourth-order valence-electron chi connectivity index (χ4n) is 2.62. The lowest BCUT2D eigenvalue weighted by molar-refractivity contribution is 0.1000. The number of aliphatic hydroxyl groups is 1. The number of piperidine rings is 1. The number of nitrogens with two attached hydrogens (primary N) is 2. The number of benzene rings is 1. The number of rotatable bonds is 3. The van der Waals surface area contributed by atoms with E-state index < -0.39 is 5.91 Å². The highest BCUT2D eigenvalue weighted by atomic mass is 16.3. The summed E-state index contributed by atoms with van der Waals surface area (Å²) in [4.78, 5) is 13.3. The van der Waals surface area contributed by atoms with Gasteiger partial charge < -0.3 is 21.5 Å². The maximum absolute atomic E-state index is 11.1. The minimum absolute atomic E-state index is 0.253. The number of carbonyl (C=O) groups is 1. The second-order valence-corrected chi connectivity index (χ2v) is 5.20. The summed E-state index contributed by atoms with van der Waals surface area (Å²) >= 11 is 0. The van der Waals surface area contributed by atoms with Gasteiger partial charge in [-0.3, -0.25) is 4.79 Å². The van der Waals surface area contributed by atoms with Crippen LogP contribution in [0.4, 0.5) is 11.4 Å². The van der Waals surface area contributed by atoms with Crippen molar-refractivity contribution in [2.45, 2.75) is 25.9 Å². The zero-order valence-corrected chi connectivity index (χ0v) is 11.2. The molecule has 5 heteroatoms. The quantitative estimate of drug-likeness (QED) is 0.708. The van der Waals surface area contributed by atoms with Crippen LogP contribution in [0.2, 0.25) is 0 Å². The Labute approximate surface area is 113 Å². The molecule has 0 aliphatic carbocycles. The third-order valence-electron chi connectivity index (χ3n) is 3.87. The molecule has 0 radical (unpaired) electrons. The maximum Gasteiger partial charge on any atom is 0.248 e. The van der Waals surface area contributed by atoms with Crippen molar-refractivity contribution in [1.82, 2.24) is 0 Å². The zero-order valence-electron chi connectivity index (χ0n) is 11.2. The van der Waals surface area contributed by atoms with Crippen LogP contribution < -0.4 is 16.4 Å². The molecule has 1 amide bonds. The summed E-state index contributed by atoms with van der Waals surface area (Å²) < 4.78 is 0. The number of anilines is 2. The number of nitrogens with zero attached hydrogens (tertiary/aromatic N) is 1. The van der Waals surface area contributed by atoms with Gasteiger partial charge in [0, 0.05) is 18.7 Å². The van der Waals surface area contributed by atoms with E-state index in [1.165, 1.54) is 0 Å². The van der Waals surface area contributed by atoms with Gasteiger partial charge in [0.15, 0.2) is 0 Å². The number of carbonyl (C=O) groups excluding carboxylic acids is 1. The van der Waals surface area contributed by atoms with Crippen molar-refractivity contribution >= 4 is 17.3 Å². The van der Waals surface area contributed by atoms with E-state index in [4.69, 9.17) is 11.5 Å². The van der Waals surface area contributed by atoms with E-state index in [0.717, 1.165) is 31.6 Å². The van der Waals surface area contributed by atoms with E-state index >= 15 is 0 Å². The Morgan fingerprint density at radius 1 is 1.42 bits per heavy atom. The molecule has 0 bridgehead atoms. The predicted octanol–water partition coefficient (Wildman–Crippen LogP) is 0.965. The molecule has 0 spiro atoms. The van der Waals surface area contributed by atoms with Gasteiger partial charge >= 0.3 is 0 Å². The van der Waals surface area contributed by atoms with Crippen LogP contribution in [-0.2, 0) is 0 Å². The summed E-state index contributed by atoms with van der Waals surface area (Å²) in [6.07, 6.45) is 1.65. The number of primary amides is 1. The number of hydrogen-bond acceptors (Lipinski definition) is 4. The molecule has 1 heterocycles. The third-order valence-corrected chi connectivity index (χ3v) is 3.87. The fraction of sp³-hybridized carbons (Fsp3) is 0.500. The molecule has 1 aliphatic rings. The van der Waals surface area contributed by atoms with Crippen molar-refractivity contribution in [3.63, 3.8) is 0 Å². The second-order valence-electron chi connectivity index (χ2n) is 5.20. The topological polar surface area (TPSA) is 92.6 Å². The van der Waals surface area contributed by atoms with Gasteiger partial charge in [0.2, 0.25) is 5.91 Å². The van der Waals surface area contributed by atoms with E-state index in [9.17, 15) is 9.90 Å². The molecule has 1 fully saturated rings. The van der Waals surface area contributed by atoms with Gasteiger partial charge in [0.25, 0.3) is 0 Å². The van der Waals surface area contributed by atoms with Gasteiger partial charge in [-0.25, -0.2) is 0 Å². The first kappa shape index (κ1) is 13.7. The first-order chi connectivity index (χ1) is 8.99. The third kappa shape index (κ3) is 2.98. The molecule has 1 aliphatic heterocycles. The van der Waals surface area contributed by atoms with Gasteiger partial charge in [0.1, 0.15) is 0 Å². The highest BCUT2D eigenvalue weighted by Gasteiger charge is 2.23. The summed E-state index contributed by atoms with van der Waals surface area (Å²) in [6, 6.07) is 5.17. The summed E-state index contributed by atoms with van der Waals surface area (Å²) in [5.41, 5.74) is 13.2. The van der Waals surface area contributed by atoms with Crippen molar-refractivity contribution in [3.8, 4) is 0 Å². The molecule has 2 rings (SSSR count). The SMILES string of the molecule is CC(O)C1CCN(c2ccc(C(N)=O)cc2N)CC1. The minimum Gasteiger partial charge on any atom is -0.397 e. The van der Waals surface area contributed by atoms with E-state index in [2.05, 4.69) is 4.90 Å². The first-order valence-corrected chi connectivity index (χ1v) is 6.61. The molecule has 1 aromatic rings. The smallest absolute Gasteiger partial charge is 0.248 e. The molecule has 5 N–H and O–H groups in total. The Morgan fingerprint density at radius 3 is 2.53 bits per heavy atom. The first-order valence-electron chi connectivity index (χ1n) is 6.61. The Morgan fingerprint density at radius 2 is 2.05 bits per heavy atom. The lowest BCUT2D eigenvalue weighted by atomic mass is 9.92. The molecule has 104 valence electrons. The lowest BCUT2D eigenvalue weighted by Gasteiger charge is -2.35. The summed E-state index contributed by atoms with van der Waals surface area (Å²) in [6.45, 7) is 3.59. The van der Waals surface area contributed by atoms with Crippen LogP contribution in [0.15, 0.2) is 18.2 Å². The van der Waals surface area contributed by atoms with Crippen LogP contribution in [0.3, 0.4) is 0 Å². The molecule has 0 aromatic heterocycles. The van der Waals surface area contributed by atoms with E-state index in [0.29, 0.717) is 17.2 Å². The number of hydrogen-bond donors (Lipinski definition) is 3. The van der Waals surface area contributed by atoms with Crippen molar-refractivity contribution < 1.29 is 9.90 Å². The van der Waals surface area contributed by atoms with Gasteiger partial charge in [-0.15, -0.1) is 0 Å². The Balaban J connectivity index is 2.09. The van der Waals surface area contributed by atoms with Crippen LogP contribution in [0.25, 0.3) is 0 Å². The van der Waals surface area contributed by atoms with E-state index in [-0.39, 0.29) is 6.10 Å². The second kappa shape index (κ2) is 5.48. The van der Waals surface area contributed by atoms with Crippen LogP contribution in [0, 0.1) is 5.92 Å². The molecule has 1 saturated heterocycles. The monoisotopic (exact) mass is 263 g/mol. The predicted molar refractivity (Wildman–Crippen MR) is 76.0 cm³/mol. The summed E-state index contributed by atoms with van der Waals surface area (Å²) in [5.74, 6) is -0.103. The van der Waals surface area contributed by atoms with Crippen LogP contribution >= 0.6 is 0 Å². The normalized spacial score (nSPS) is 18.3. The zero-order chi connectivity index (χ0) is 14.0. The minimum atomic E-state index is -0.467. The fourth-order valence-corrected chi connectivity index (χ4v) is 2.62. The highest BCUT2D eigenvalue weighted by molar-refractivity contribution is 5.94. The molecule has 1 aromatic carbocycles. The number of aliphatic hydroxyl groups excluding tert-OH is 1. The average molecular weight is 263 g/mol. The Bertz CT molecular complexity index is 466. The van der Waals surface area contributed by atoms with Crippen molar-refractivity contribution in [3.05, 3.63) is 23.8 Å². The molecule has 0 saturated carbocycles. The van der Waals surface area contributed by atoms with Crippen LogP contribution in [0.5, 0.6) is 0 Å². The maximum atomic E-state index is 11.1. The van der Waals surface area contributed by atoms with Crippen molar-refractivity contribution in [2.24, 2.45) is 11.7 Å². The van der Waals surface area contributed by atoms with E-state index in [1.807, 2.05) is 13.0 Å². The van der Waals surface area contributed by atoms with E-state index in [1.54, 1.807) is 12.1 Å². The summed E-state index contributed by atoms with van der Waals surface area (Å²) in [7, 11) is 0. The Hall–Kier alpha value is -1.75. The highest BCUT2D eigenvalue weighted by Crippen LogP contribution is 2.29. The summed E-state index contributed by atoms with van der Waals surface area (Å²) in [5, 5.41) is 9.59. The molecule has 19 heavy (non-hydrogen) atoms. The van der Waals surface area contributed by atoms with Gasteiger partial charge in [-0.05, 0) is 43.9 Å². The van der Waals surface area contributed by atoms with Gasteiger partial charge in [0.05, 0.1) is 17.5 Å². The van der Waals surface area contributed by atoms with Crippen molar-refractivity contribution in [1.29, 1.82) is 0 Å². The van der Waals surface area contributed by atoms with Crippen LogP contribution in [-0.4, -0.2) is 30.2 Å². The average Bonchev–Trinajstić information content (AvgIpc) is 2.38. The molecule has 5 nitrogen and oxygen atoms in total. The Kier molecular flexibility index (Phi) is 3.95. The number of amides is 1. The number of nitrogen functional groups attached to an aromatic ring is 1. The van der Waals surface area contributed by atoms with Gasteiger partial charge in [-0.2, -0.15) is 0 Å². The van der Waals surface area contributed by atoms with Crippen molar-refractivity contribution in [2.75, 3.05) is 23.7 Å². The standard InChI is InChI=1S/C14H21N3O2/c1-9(18)10-4-6-17(7-5-10)13-3-2-11(14(16)19)8-12(13)15/h2-3,8-10,18H,4-7,15H2,1H3,(H2,16,19). The molecular formula is C14H21N3O2. The van der Waals surface area contributed by atoms with Gasteiger partial charge in [-0.1, -0.05) is 0 Å². The molecule has 1 unspecified atom stereocenters. The molecular weight excluding hydrogens is 242 g/mol. The molecule has 1 atom stereocenters. The lowest BCUT2D eigenvalue weighted by Crippen LogP contribution is -2.37.